The first kappa shape index (κ1) is 19.2. The van der Waals surface area contributed by atoms with Crippen molar-refractivity contribution in [3.63, 3.8) is 0 Å². The normalized spacial score (nSPS) is 19.7. The zero-order valence-corrected chi connectivity index (χ0v) is 15.3. The second-order valence-corrected chi connectivity index (χ2v) is 7.11. The second kappa shape index (κ2) is 8.38. The van der Waals surface area contributed by atoms with Crippen LogP contribution in [0.5, 0.6) is 5.75 Å². The maximum absolute atomic E-state index is 11.3. The molecular formula is C17H25N5O5. The molecule has 1 aromatic rings. The Labute approximate surface area is 157 Å². The van der Waals surface area contributed by atoms with Gasteiger partial charge in [-0.25, -0.2) is 4.79 Å². The molecular weight excluding hydrogens is 354 g/mol. The van der Waals surface area contributed by atoms with Crippen LogP contribution >= 0.6 is 0 Å². The van der Waals surface area contributed by atoms with Gasteiger partial charge in [0.05, 0.1) is 0 Å². The molecule has 0 aromatic carbocycles. The Morgan fingerprint density at radius 3 is 2.56 bits per heavy atom. The maximum Gasteiger partial charge on any atom is 0.407 e. The molecule has 3 heterocycles. The summed E-state index contributed by atoms with van der Waals surface area (Å²) in [5.41, 5.74) is 0.319. The van der Waals surface area contributed by atoms with Gasteiger partial charge in [0.2, 0.25) is 0 Å². The lowest BCUT2D eigenvalue weighted by atomic mass is 10.1. The quantitative estimate of drug-likeness (QED) is 0.589. The third-order valence-corrected chi connectivity index (χ3v) is 5.11. The second-order valence-electron chi connectivity index (χ2n) is 7.11. The zero-order valence-electron chi connectivity index (χ0n) is 15.3. The van der Waals surface area contributed by atoms with E-state index >= 15 is 0 Å². The van der Waals surface area contributed by atoms with E-state index in [1.807, 2.05) is 0 Å². The minimum absolute atomic E-state index is 0.0420. The summed E-state index contributed by atoms with van der Waals surface area (Å²) in [6.45, 7) is 2.72. The van der Waals surface area contributed by atoms with Crippen LogP contribution in [0.3, 0.4) is 0 Å². The predicted molar refractivity (Wildman–Crippen MR) is 98.3 cm³/mol. The van der Waals surface area contributed by atoms with Crippen molar-refractivity contribution in [2.75, 3.05) is 38.5 Å². The number of piperidine rings is 2. The Hall–Kier alpha value is -2.62. The van der Waals surface area contributed by atoms with Gasteiger partial charge in [0, 0.05) is 38.3 Å². The van der Waals surface area contributed by atoms with Crippen molar-refractivity contribution in [1.82, 2.24) is 14.8 Å². The molecule has 2 aliphatic rings. The number of carbonyl (C=O) groups is 1. The van der Waals surface area contributed by atoms with Crippen LogP contribution in [0.15, 0.2) is 12.3 Å². The summed E-state index contributed by atoms with van der Waals surface area (Å²) in [6.07, 6.45) is 3.53. The average molecular weight is 379 g/mol. The smallest absolute Gasteiger partial charge is 0.407 e. The Morgan fingerprint density at radius 1 is 1.30 bits per heavy atom. The van der Waals surface area contributed by atoms with Gasteiger partial charge in [0.1, 0.15) is 11.8 Å². The van der Waals surface area contributed by atoms with Gasteiger partial charge in [-0.3, -0.25) is 0 Å². The molecule has 0 spiro atoms. The van der Waals surface area contributed by atoms with E-state index in [4.69, 9.17) is 9.84 Å². The number of ether oxygens (including phenoxy) is 1. The van der Waals surface area contributed by atoms with Crippen molar-refractivity contribution in [1.29, 1.82) is 0 Å². The monoisotopic (exact) mass is 379 g/mol. The molecule has 0 bridgehead atoms. The number of likely N-dealkylation sites (tertiary alicyclic amines) is 2. The zero-order chi connectivity index (χ0) is 19.4. The fourth-order valence-electron chi connectivity index (χ4n) is 3.48. The van der Waals surface area contributed by atoms with Crippen LogP contribution in [0.1, 0.15) is 25.7 Å². The van der Waals surface area contributed by atoms with Crippen molar-refractivity contribution in [3.05, 3.63) is 22.4 Å². The first-order chi connectivity index (χ1) is 12.9. The molecule has 1 aromatic heterocycles. The van der Waals surface area contributed by atoms with Gasteiger partial charge in [-0.15, -0.1) is 0 Å². The van der Waals surface area contributed by atoms with Gasteiger partial charge in [-0.05, 0) is 42.6 Å². The highest BCUT2D eigenvalue weighted by atomic mass is 16.6. The van der Waals surface area contributed by atoms with Gasteiger partial charge in [-0.1, -0.05) is 0 Å². The lowest BCUT2D eigenvalue weighted by Crippen LogP contribution is -2.41. The summed E-state index contributed by atoms with van der Waals surface area (Å²) in [5.74, 6) is 0.270. The fourth-order valence-corrected chi connectivity index (χ4v) is 3.48. The molecule has 2 N–H and O–H groups in total. The number of pyridine rings is 1. The number of amides is 1. The molecule has 0 radical (unpaired) electrons. The van der Waals surface area contributed by atoms with Crippen LogP contribution in [0.4, 0.5) is 16.3 Å². The molecule has 10 heteroatoms. The van der Waals surface area contributed by atoms with E-state index in [9.17, 15) is 14.9 Å². The lowest BCUT2D eigenvalue weighted by Gasteiger charge is -2.31. The summed E-state index contributed by atoms with van der Waals surface area (Å²) in [6, 6.07) is 1.59. The molecule has 0 aliphatic carbocycles. The number of rotatable bonds is 5. The van der Waals surface area contributed by atoms with E-state index in [0.717, 1.165) is 25.9 Å². The van der Waals surface area contributed by atoms with E-state index in [-0.39, 0.29) is 18.0 Å². The minimum Gasteiger partial charge on any atom is -0.486 e. The predicted octanol–water partition coefficient (Wildman–Crippen LogP) is 2.02. The van der Waals surface area contributed by atoms with E-state index < -0.39 is 11.0 Å². The SMILES string of the molecule is CN1CCC(Oc2cnc([N+](=O)[O-])c(NC3CCN(C(=O)O)CC3)c2)CC1. The van der Waals surface area contributed by atoms with Crippen LogP contribution in [-0.2, 0) is 0 Å². The first-order valence-electron chi connectivity index (χ1n) is 9.16. The molecule has 148 valence electrons. The number of carboxylic acid groups (broad SMARTS) is 1. The highest BCUT2D eigenvalue weighted by Crippen LogP contribution is 2.29. The van der Waals surface area contributed by atoms with Crippen LogP contribution in [0.25, 0.3) is 0 Å². The van der Waals surface area contributed by atoms with Gasteiger partial charge in [0.25, 0.3) is 0 Å². The molecule has 0 unspecified atom stereocenters. The van der Waals surface area contributed by atoms with Crippen LogP contribution in [0.2, 0.25) is 0 Å². The molecule has 1 amide bonds. The lowest BCUT2D eigenvalue weighted by molar-refractivity contribution is -0.388. The molecule has 2 saturated heterocycles. The average Bonchev–Trinajstić information content (AvgIpc) is 2.64. The van der Waals surface area contributed by atoms with Crippen LogP contribution < -0.4 is 10.1 Å². The number of anilines is 1. The van der Waals surface area contributed by atoms with Gasteiger partial charge in [-0.2, -0.15) is 0 Å². The number of nitrogens with one attached hydrogen (secondary N) is 1. The highest BCUT2D eigenvalue weighted by molar-refractivity contribution is 5.65. The molecule has 3 rings (SSSR count). The van der Waals surface area contributed by atoms with Crippen LogP contribution in [-0.4, -0.2) is 76.3 Å². The van der Waals surface area contributed by atoms with Crippen molar-refractivity contribution >= 4 is 17.6 Å². The van der Waals surface area contributed by atoms with Gasteiger partial charge in [0.15, 0.2) is 11.9 Å². The molecule has 2 aliphatic heterocycles. The maximum atomic E-state index is 11.3. The van der Waals surface area contributed by atoms with Crippen molar-refractivity contribution in [2.24, 2.45) is 0 Å². The summed E-state index contributed by atoms with van der Waals surface area (Å²) in [7, 11) is 2.07. The topological polar surface area (TPSA) is 121 Å². The summed E-state index contributed by atoms with van der Waals surface area (Å²) >= 11 is 0. The Bertz CT molecular complexity index is 684. The number of nitrogens with zero attached hydrogens (tertiary/aromatic N) is 4. The van der Waals surface area contributed by atoms with Gasteiger partial charge < -0.3 is 35.1 Å². The molecule has 27 heavy (non-hydrogen) atoms. The van der Waals surface area contributed by atoms with E-state index in [0.29, 0.717) is 37.4 Å². The number of hydrogen-bond acceptors (Lipinski definition) is 7. The highest BCUT2D eigenvalue weighted by Gasteiger charge is 2.26. The third kappa shape index (κ3) is 4.97. The molecule has 0 atom stereocenters. The summed E-state index contributed by atoms with van der Waals surface area (Å²) in [5, 5.41) is 23.5. The number of nitro groups is 1. The van der Waals surface area contributed by atoms with Gasteiger partial charge >= 0.3 is 11.9 Å². The van der Waals surface area contributed by atoms with E-state index in [1.165, 1.54) is 11.1 Å². The van der Waals surface area contributed by atoms with E-state index in [2.05, 4.69) is 22.2 Å². The van der Waals surface area contributed by atoms with Crippen molar-refractivity contribution in [2.45, 2.75) is 37.8 Å². The number of aromatic nitrogens is 1. The third-order valence-electron chi connectivity index (χ3n) is 5.11. The van der Waals surface area contributed by atoms with E-state index in [1.54, 1.807) is 6.07 Å². The van der Waals surface area contributed by atoms with Crippen molar-refractivity contribution < 1.29 is 19.6 Å². The largest absolute Gasteiger partial charge is 0.486 e. The molecule has 0 saturated carbocycles. The van der Waals surface area contributed by atoms with Crippen LogP contribution in [0, 0.1) is 10.1 Å². The standard InChI is InChI=1S/C17H25N5O5/c1-20-6-4-13(5-7-20)27-14-10-15(16(18-11-14)22(25)26)19-12-2-8-21(9-3-12)17(23)24/h10-13,19H,2-9H2,1H3,(H,23,24). The van der Waals surface area contributed by atoms with Crippen molar-refractivity contribution in [3.8, 4) is 5.75 Å². The number of hydrogen-bond donors (Lipinski definition) is 2. The fraction of sp³-hybridized carbons (Fsp3) is 0.647. The summed E-state index contributed by atoms with van der Waals surface area (Å²) in [4.78, 5) is 29.4. The summed E-state index contributed by atoms with van der Waals surface area (Å²) < 4.78 is 5.98. The first-order valence-corrected chi connectivity index (χ1v) is 9.16. The minimum atomic E-state index is -0.936. The molecule has 10 nitrogen and oxygen atoms in total. The molecule has 2 fully saturated rings. The Kier molecular flexibility index (Phi) is 5.94. The Morgan fingerprint density at radius 2 is 1.96 bits per heavy atom. The Balaban J connectivity index is 1.67.